The van der Waals surface area contributed by atoms with Crippen LogP contribution < -0.4 is 0 Å². The van der Waals surface area contributed by atoms with Crippen LogP contribution in [0.1, 0.15) is 43.2 Å². The number of hydrogen-bond donors (Lipinski definition) is 1. The molecule has 2 heterocycles. The maximum Gasteiger partial charge on any atom is 0.337 e. The quantitative estimate of drug-likeness (QED) is 0.892. The Bertz CT molecular complexity index is 457. The van der Waals surface area contributed by atoms with Gasteiger partial charge in [-0.2, -0.15) is 0 Å². The molecule has 0 saturated carbocycles. The van der Waals surface area contributed by atoms with Gasteiger partial charge in [-0.15, -0.1) is 0 Å². The van der Waals surface area contributed by atoms with Gasteiger partial charge in [0.25, 0.3) is 0 Å². The first-order chi connectivity index (χ1) is 8.39. The molecule has 1 aliphatic heterocycles. The summed E-state index contributed by atoms with van der Waals surface area (Å²) >= 11 is 0. The third-order valence-electron chi connectivity index (χ3n) is 3.58. The van der Waals surface area contributed by atoms with Crippen molar-refractivity contribution in [2.24, 2.45) is 5.41 Å². The summed E-state index contributed by atoms with van der Waals surface area (Å²) in [6.07, 6.45) is 2.80. The summed E-state index contributed by atoms with van der Waals surface area (Å²) in [6.45, 7) is 8.30. The zero-order chi connectivity index (χ0) is 13.3. The molecule has 1 aromatic rings. The third kappa shape index (κ3) is 2.70. The zero-order valence-electron chi connectivity index (χ0n) is 11.2. The lowest BCUT2D eigenvalue weighted by molar-refractivity contribution is 0.0693. The van der Waals surface area contributed by atoms with E-state index in [1.807, 2.05) is 0 Å². The monoisotopic (exact) mass is 248 g/mol. The van der Waals surface area contributed by atoms with E-state index in [4.69, 9.17) is 5.11 Å². The molecule has 0 amide bonds. The van der Waals surface area contributed by atoms with Gasteiger partial charge in [0.05, 0.1) is 11.3 Å². The van der Waals surface area contributed by atoms with Gasteiger partial charge in [-0.1, -0.05) is 13.8 Å². The average molecular weight is 248 g/mol. The van der Waals surface area contributed by atoms with Gasteiger partial charge in [0.1, 0.15) is 0 Å². The highest BCUT2D eigenvalue weighted by molar-refractivity contribution is 5.88. The third-order valence-corrected chi connectivity index (χ3v) is 3.58. The summed E-state index contributed by atoms with van der Waals surface area (Å²) in [7, 11) is 0. The van der Waals surface area contributed by atoms with Gasteiger partial charge in [-0.25, -0.2) is 4.79 Å². The number of aromatic carboxylic acids is 1. The van der Waals surface area contributed by atoms with Crippen LogP contribution in [0.4, 0.5) is 0 Å². The van der Waals surface area contributed by atoms with E-state index in [1.54, 1.807) is 18.3 Å². The molecule has 18 heavy (non-hydrogen) atoms. The molecule has 0 radical (unpaired) electrons. The fourth-order valence-corrected chi connectivity index (χ4v) is 2.86. The minimum Gasteiger partial charge on any atom is -0.478 e. The van der Waals surface area contributed by atoms with Crippen molar-refractivity contribution in [3.63, 3.8) is 0 Å². The molecule has 0 aromatic carbocycles. The number of likely N-dealkylation sites (tertiary alicyclic amines) is 1. The van der Waals surface area contributed by atoms with E-state index in [9.17, 15) is 4.79 Å². The van der Waals surface area contributed by atoms with Crippen molar-refractivity contribution in [2.75, 3.05) is 6.54 Å². The Hall–Kier alpha value is -1.42. The first kappa shape index (κ1) is 13.0. The Morgan fingerprint density at radius 1 is 1.61 bits per heavy atom. The second-order valence-electron chi connectivity index (χ2n) is 5.93. The highest BCUT2D eigenvalue weighted by Gasteiger charge is 2.35. The van der Waals surface area contributed by atoms with Crippen molar-refractivity contribution < 1.29 is 9.90 Å². The maximum absolute atomic E-state index is 11.1. The molecule has 4 nitrogen and oxygen atoms in total. The van der Waals surface area contributed by atoms with Gasteiger partial charge in [-0.3, -0.25) is 9.88 Å². The lowest BCUT2D eigenvalue weighted by Crippen LogP contribution is -2.28. The van der Waals surface area contributed by atoms with E-state index in [-0.39, 0.29) is 0 Å². The van der Waals surface area contributed by atoms with Crippen LogP contribution in [-0.2, 0) is 6.54 Å². The van der Waals surface area contributed by atoms with Crippen LogP contribution in [0.15, 0.2) is 18.3 Å². The minimum absolute atomic E-state index is 0.303. The summed E-state index contributed by atoms with van der Waals surface area (Å²) in [5.41, 5.74) is 1.28. The van der Waals surface area contributed by atoms with Gasteiger partial charge in [-0.05, 0) is 30.9 Å². The summed E-state index contributed by atoms with van der Waals surface area (Å²) < 4.78 is 0. The van der Waals surface area contributed by atoms with Gasteiger partial charge < -0.3 is 5.11 Å². The number of aromatic nitrogens is 1. The normalized spacial score (nSPS) is 23.2. The van der Waals surface area contributed by atoms with E-state index in [0.29, 0.717) is 29.3 Å². The summed E-state index contributed by atoms with van der Waals surface area (Å²) in [4.78, 5) is 17.7. The standard InChI is InChI=1S/C14H20N2O2/c1-10-7-14(2,3)9-16(10)8-12-11(13(17)18)5-4-6-15-12/h4-6,10H,7-9H2,1-3H3,(H,17,18). The van der Waals surface area contributed by atoms with E-state index in [1.165, 1.54) is 0 Å². The predicted molar refractivity (Wildman–Crippen MR) is 69.5 cm³/mol. The van der Waals surface area contributed by atoms with E-state index in [2.05, 4.69) is 30.7 Å². The highest BCUT2D eigenvalue weighted by atomic mass is 16.4. The van der Waals surface area contributed by atoms with Crippen LogP contribution in [0.25, 0.3) is 0 Å². The topological polar surface area (TPSA) is 53.4 Å². The van der Waals surface area contributed by atoms with Crippen LogP contribution in [0.5, 0.6) is 0 Å². The fourth-order valence-electron chi connectivity index (χ4n) is 2.86. The van der Waals surface area contributed by atoms with E-state index < -0.39 is 5.97 Å². The number of carboxylic acids is 1. The summed E-state index contributed by atoms with van der Waals surface area (Å²) in [6, 6.07) is 3.77. The van der Waals surface area contributed by atoms with Gasteiger partial charge in [0, 0.05) is 25.3 Å². The average Bonchev–Trinajstić information content (AvgIpc) is 2.52. The molecule has 0 spiro atoms. The van der Waals surface area contributed by atoms with Crippen molar-refractivity contribution in [3.05, 3.63) is 29.6 Å². The second kappa shape index (κ2) is 4.69. The van der Waals surface area contributed by atoms with Crippen molar-refractivity contribution in [1.29, 1.82) is 0 Å². The number of pyridine rings is 1. The first-order valence-electron chi connectivity index (χ1n) is 6.30. The van der Waals surface area contributed by atoms with Crippen molar-refractivity contribution in [1.82, 2.24) is 9.88 Å². The first-order valence-corrected chi connectivity index (χ1v) is 6.30. The molecule has 1 aliphatic rings. The van der Waals surface area contributed by atoms with Gasteiger partial charge >= 0.3 is 5.97 Å². The van der Waals surface area contributed by atoms with Crippen LogP contribution >= 0.6 is 0 Å². The van der Waals surface area contributed by atoms with Crippen molar-refractivity contribution in [3.8, 4) is 0 Å². The van der Waals surface area contributed by atoms with Gasteiger partial charge in [0.2, 0.25) is 0 Å². The molecule has 0 aliphatic carbocycles. The molecular weight excluding hydrogens is 228 g/mol. The minimum atomic E-state index is -0.899. The Balaban J connectivity index is 2.18. The largest absolute Gasteiger partial charge is 0.478 e. The SMILES string of the molecule is CC1CC(C)(C)CN1Cc1ncccc1C(=O)O. The lowest BCUT2D eigenvalue weighted by Gasteiger charge is -2.22. The molecule has 1 atom stereocenters. The predicted octanol–water partition coefficient (Wildman–Crippen LogP) is 2.40. The summed E-state index contributed by atoms with van der Waals surface area (Å²) in [5, 5.41) is 9.15. The van der Waals surface area contributed by atoms with Crippen molar-refractivity contribution >= 4 is 5.97 Å². The molecule has 0 bridgehead atoms. The molecule has 1 unspecified atom stereocenters. The van der Waals surface area contributed by atoms with Crippen LogP contribution in [0.3, 0.4) is 0 Å². The Kier molecular flexibility index (Phi) is 3.39. The number of hydrogen-bond acceptors (Lipinski definition) is 3. The molecule has 4 heteroatoms. The highest BCUT2D eigenvalue weighted by Crippen LogP contribution is 2.34. The number of nitrogens with zero attached hydrogens (tertiary/aromatic N) is 2. The van der Waals surface area contributed by atoms with Crippen molar-refractivity contribution in [2.45, 2.75) is 39.8 Å². The van der Waals surface area contributed by atoms with Crippen LogP contribution in [0.2, 0.25) is 0 Å². The molecule has 1 fully saturated rings. The Labute approximate surface area is 108 Å². The Morgan fingerprint density at radius 3 is 2.89 bits per heavy atom. The number of rotatable bonds is 3. The van der Waals surface area contributed by atoms with Crippen LogP contribution in [-0.4, -0.2) is 33.5 Å². The molecule has 1 N–H and O–H groups in total. The van der Waals surface area contributed by atoms with Gasteiger partial charge in [0.15, 0.2) is 0 Å². The number of carboxylic acid groups (broad SMARTS) is 1. The van der Waals surface area contributed by atoms with Crippen LogP contribution in [0, 0.1) is 5.41 Å². The van der Waals surface area contributed by atoms with E-state index in [0.717, 1.165) is 13.0 Å². The lowest BCUT2D eigenvalue weighted by atomic mass is 9.91. The molecule has 1 aromatic heterocycles. The molecule has 2 rings (SSSR count). The Morgan fingerprint density at radius 2 is 2.33 bits per heavy atom. The molecule has 1 saturated heterocycles. The fraction of sp³-hybridized carbons (Fsp3) is 0.571. The maximum atomic E-state index is 11.1. The van der Waals surface area contributed by atoms with E-state index >= 15 is 0 Å². The molecular formula is C14H20N2O2. The zero-order valence-corrected chi connectivity index (χ0v) is 11.2. The second-order valence-corrected chi connectivity index (χ2v) is 5.93. The molecule has 98 valence electrons. The number of carbonyl (C=O) groups is 1. The summed E-state index contributed by atoms with van der Waals surface area (Å²) in [5.74, 6) is -0.899. The smallest absolute Gasteiger partial charge is 0.337 e.